The van der Waals surface area contributed by atoms with Crippen LogP contribution in [0.4, 0.5) is 0 Å². The first-order valence-corrected chi connectivity index (χ1v) is 8.68. The fourth-order valence-corrected chi connectivity index (χ4v) is 3.28. The van der Waals surface area contributed by atoms with Crippen LogP contribution >= 0.6 is 12.4 Å². The van der Waals surface area contributed by atoms with Crippen LogP contribution in [0, 0.1) is 6.92 Å². The first-order valence-electron chi connectivity index (χ1n) is 8.68. The van der Waals surface area contributed by atoms with Gasteiger partial charge in [0.15, 0.2) is 6.61 Å². The van der Waals surface area contributed by atoms with Crippen LogP contribution in [0.1, 0.15) is 57.1 Å². The SMILES string of the molecule is Cc1ccc(C(C)C)c(OCC(=O)N2CCCCC2C(C)N)c1.Cl. The summed E-state index contributed by atoms with van der Waals surface area (Å²) in [6.45, 7) is 9.17. The van der Waals surface area contributed by atoms with Crippen molar-refractivity contribution in [2.45, 2.75) is 65.0 Å². The lowest BCUT2D eigenvalue weighted by atomic mass is 9.97. The molecule has 2 atom stereocenters. The molecule has 1 aliphatic rings. The number of benzene rings is 1. The van der Waals surface area contributed by atoms with Crippen LogP contribution in [-0.4, -0.2) is 36.0 Å². The lowest BCUT2D eigenvalue weighted by Gasteiger charge is -2.38. The normalized spacial score (nSPS) is 18.9. The minimum atomic E-state index is 0. The highest BCUT2D eigenvalue weighted by Crippen LogP contribution is 2.28. The maximum absolute atomic E-state index is 12.6. The number of hydrogen-bond acceptors (Lipinski definition) is 3. The summed E-state index contributed by atoms with van der Waals surface area (Å²) in [5.74, 6) is 1.23. The van der Waals surface area contributed by atoms with Crippen LogP contribution in [0.3, 0.4) is 0 Å². The summed E-state index contributed by atoms with van der Waals surface area (Å²) in [5, 5.41) is 0. The molecule has 0 radical (unpaired) electrons. The van der Waals surface area contributed by atoms with E-state index in [4.69, 9.17) is 10.5 Å². The first kappa shape index (κ1) is 20.8. The topological polar surface area (TPSA) is 55.6 Å². The highest BCUT2D eigenvalue weighted by molar-refractivity contribution is 5.85. The minimum Gasteiger partial charge on any atom is -0.483 e. The van der Waals surface area contributed by atoms with Crippen LogP contribution in [0.2, 0.25) is 0 Å². The second-order valence-corrected chi connectivity index (χ2v) is 6.99. The summed E-state index contributed by atoms with van der Waals surface area (Å²) in [4.78, 5) is 14.5. The van der Waals surface area contributed by atoms with Crippen molar-refractivity contribution in [1.82, 2.24) is 4.90 Å². The summed E-state index contributed by atoms with van der Waals surface area (Å²) in [5.41, 5.74) is 8.34. The van der Waals surface area contributed by atoms with Gasteiger partial charge in [0.1, 0.15) is 5.75 Å². The third-order valence-electron chi connectivity index (χ3n) is 4.62. The Morgan fingerprint density at radius 1 is 1.33 bits per heavy atom. The summed E-state index contributed by atoms with van der Waals surface area (Å²) in [6.07, 6.45) is 3.19. The summed E-state index contributed by atoms with van der Waals surface area (Å²) in [6, 6.07) is 6.33. The lowest BCUT2D eigenvalue weighted by Crippen LogP contribution is -2.52. The van der Waals surface area contributed by atoms with Crippen LogP contribution in [0.15, 0.2) is 18.2 Å². The van der Waals surface area contributed by atoms with Crippen LogP contribution < -0.4 is 10.5 Å². The number of piperidine rings is 1. The number of carbonyl (C=O) groups excluding carboxylic acids is 1. The molecule has 2 rings (SSSR count). The van der Waals surface area contributed by atoms with Gasteiger partial charge >= 0.3 is 0 Å². The Morgan fingerprint density at radius 2 is 2.04 bits per heavy atom. The molecule has 1 aromatic rings. The average molecular weight is 355 g/mol. The van der Waals surface area contributed by atoms with Crippen molar-refractivity contribution < 1.29 is 9.53 Å². The Kier molecular flexibility index (Phi) is 8.04. The van der Waals surface area contributed by atoms with Gasteiger partial charge in [-0.2, -0.15) is 0 Å². The number of aryl methyl sites for hydroxylation is 1. The monoisotopic (exact) mass is 354 g/mol. The van der Waals surface area contributed by atoms with Crippen molar-refractivity contribution in [2.75, 3.05) is 13.2 Å². The maximum atomic E-state index is 12.6. The largest absolute Gasteiger partial charge is 0.483 e. The standard InChI is InChI=1S/C19H30N2O2.ClH/c1-13(2)16-9-8-14(3)11-18(16)23-12-19(22)21-10-6-5-7-17(21)15(4)20;/h8-9,11,13,15,17H,5-7,10,12,20H2,1-4H3;1H. The molecule has 1 aromatic carbocycles. The molecule has 0 aliphatic carbocycles. The maximum Gasteiger partial charge on any atom is 0.260 e. The van der Waals surface area contributed by atoms with Crippen LogP contribution in [0.5, 0.6) is 5.75 Å². The molecule has 5 heteroatoms. The van der Waals surface area contributed by atoms with Crippen molar-refractivity contribution in [1.29, 1.82) is 0 Å². The molecule has 24 heavy (non-hydrogen) atoms. The van der Waals surface area contributed by atoms with Gasteiger partial charge in [-0.15, -0.1) is 12.4 Å². The van der Waals surface area contributed by atoms with E-state index in [-0.39, 0.29) is 37.0 Å². The summed E-state index contributed by atoms with van der Waals surface area (Å²) in [7, 11) is 0. The highest BCUT2D eigenvalue weighted by Gasteiger charge is 2.29. The molecule has 4 nitrogen and oxygen atoms in total. The fraction of sp³-hybridized carbons (Fsp3) is 0.632. The Labute approximate surface area is 152 Å². The van der Waals surface area contributed by atoms with Gasteiger partial charge in [-0.25, -0.2) is 0 Å². The number of nitrogens with zero attached hydrogens (tertiary/aromatic N) is 1. The molecule has 2 N–H and O–H groups in total. The predicted molar refractivity (Wildman–Crippen MR) is 101 cm³/mol. The second kappa shape index (κ2) is 9.28. The van der Waals surface area contributed by atoms with E-state index < -0.39 is 0 Å². The van der Waals surface area contributed by atoms with Crippen molar-refractivity contribution in [2.24, 2.45) is 5.73 Å². The van der Waals surface area contributed by atoms with Gasteiger partial charge in [0.25, 0.3) is 5.91 Å². The van der Waals surface area contributed by atoms with Gasteiger partial charge in [0, 0.05) is 18.6 Å². The van der Waals surface area contributed by atoms with Gasteiger partial charge < -0.3 is 15.4 Å². The number of hydrogen-bond donors (Lipinski definition) is 1. The smallest absolute Gasteiger partial charge is 0.260 e. The molecule has 1 heterocycles. The molecule has 0 bridgehead atoms. The number of likely N-dealkylation sites (tertiary alicyclic amines) is 1. The molecule has 1 amide bonds. The molecule has 1 aliphatic heterocycles. The van der Waals surface area contributed by atoms with Gasteiger partial charge in [-0.1, -0.05) is 26.0 Å². The lowest BCUT2D eigenvalue weighted by molar-refractivity contribution is -0.137. The van der Waals surface area contributed by atoms with Gasteiger partial charge in [0.05, 0.1) is 0 Å². The van der Waals surface area contributed by atoms with Gasteiger partial charge in [-0.05, 0) is 56.2 Å². The van der Waals surface area contributed by atoms with Crippen molar-refractivity contribution >= 4 is 18.3 Å². The van der Waals surface area contributed by atoms with E-state index in [0.29, 0.717) is 5.92 Å². The fourth-order valence-electron chi connectivity index (χ4n) is 3.28. The molecule has 1 saturated heterocycles. The predicted octanol–water partition coefficient (Wildman–Crippen LogP) is 3.65. The van der Waals surface area contributed by atoms with E-state index in [2.05, 4.69) is 26.0 Å². The van der Waals surface area contributed by atoms with E-state index in [9.17, 15) is 4.79 Å². The molecule has 0 saturated carbocycles. The van der Waals surface area contributed by atoms with E-state index in [1.54, 1.807) is 0 Å². The number of ether oxygens (including phenoxy) is 1. The zero-order chi connectivity index (χ0) is 17.0. The average Bonchev–Trinajstić information content (AvgIpc) is 2.52. The molecule has 136 valence electrons. The quantitative estimate of drug-likeness (QED) is 0.878. The first-order chi connectivity index (χ1) is 10.9. The number of carbonyl (C=O) groups is 1. The Hall–Kier alpha value is -1.26. The van der Waals surface area contributed by atoms with Crippen molar-refractivity contribution in [3.05, 3.63) is 29.3 Å². The van der Waals surface area contributed by atoms with E-state index >= 15 is 0 Å². The number of rotatable bonds is 5. The van der Waals surface area contributed by atoms with E-state index in [0.717, 1.165) is 42.7 Å². The zero-order valence-electron chi connectivity index (χ0n) is 15.2. The third kappa shape index (κ3) is 5.12. The Bertz CT molecular complexity index is 546. The zero-order valence-corrected chi connectivity index (χ0v) is 16.1. The number of nitrogens with two attached hydrogens (primary N) is 1. The second-order valence-electron chi connectivity index (χ2n) is 6.99. The minimum absolute atomic E-state index is 0. The van der Waals surface area contributed by atoms with Gasteiger partial charge in [0.2, 0.25) is 0 Å². The Balaban J connectivity index is 0.00000288. The summed E-state index contributed by atoms with van der Waals surface area (Å²) >= 11 is 0. The molecule has 0 aromatic heterocycles. The van der Waals surface area contributed by atoms with Crippen LogP contribution in [0.25, 0.3) is 0 Å². The summed E-state index contributed by atoms with van der Waals surface area (Å²) < 4.78 is 5.89. The highest BCUT2D eigenvalue weighted by atomic mass is 35.5. The van der Waals surface area contributed by atoms with E-state index in [1.807, 2.05) is 24.8 Å². The molecule has 1 fully saturated rings. The number of halogens is 1. The third-order valence-corrected chi connectivity index (χ3v) is 4.62. The molecule has 0 spiro atoms. The van der Waals surface area contributed by atoms with Crippen molar-refractivity contribution in [3.8, 4) is 5.75 Å². The van der Waals surface area contributed by atoms with Gasteiger partial charge in [-0.3, -0.25) is 4.79 Å². The van der Waals surface area contributed by atoms with E-state index in [1.165, 1.54) is 0 Å². The van der Waals surface area contributed by atoms with Crippen molar-refractivity contribution in [3.63, 3.8) is 0 Å². The Morgan fingerprint density at radius 3 is 2.67 bits per heavy atom. The number of amides is 1. The molecular weight excluding hydrogens is 324 g/mol. The van der Waals surface area contributed by atoms with Crippen LogP contribution in [-0.2, 0) is 4.79 Å². The molecule has 2 unspecified atom stereocenters. The molecular formula is C19H31ClN2O2.